The highest BCUT2D eigenvalue weighted by Crippen LogP contribution is 2.37. The van der Waals surface area contributed by atoms with Gasteiger partial charge in [0.05, 0.1) is 11.3 Å². The van der Waals surface area contributed by atoms with Gasteiger partial charge in [-0.15, -0.1) is 0 Å². The number of anilines is 1. The van der Waals surface area contributed by atoms with E-state index in [0.29, 0.717) is 43.1 Å². The number of amides is 3. The van der Waals surface area contributed by atoms with Gasteiger partial charge in [-0.1, -0.05) is 41.9 Å². The van der Waals surface area contributed by atoms with Crippen molar-refractivity contribution in [2.45, 2.75) is 25.0 Å². The van der Waals surface area contributed by atoms with Crippen LogP contribution in [0.5, 0.6) is 0 Å². The SMILES string of the molecule is CN1c2cc(Cl)ccc2C(=O)NC12CCN(C(=O)NCc1ccccc1)CC2. The highest BCUT2D eigenvalue weighted by molar-refractivity contribution is 6.31. The van der Waals surface area contributed by atoms with E-state index in [9.17, 15) is 9.59 Å². The molecule has 0 aliphatic carbocycles. The number of nitrogens with one attached hydrogen (secondary N) is 2. The molecule has 0 saturated carbocycles. The number of carbonyl (C=O) groups excluding carboxylic acids is 2. The van der Waals surface area contributed by atoms with Gasteiger partial charge < -0.3 is 20.4 Å². The van der Waals surface area contributed by atoms with Crippen LogP contribution >= 0.6 is 11.6 Å². The molecule has 4 rings (SSSR count). The first-order valence-electron chi connectivity index (χ1n) is 9.41. The molecule has 1 saturated heterocycles. The first kappa shape index (κ1) is 18.6. The molecular weight excluding hydrogens is 376 g/mol. The Labute approximate surface area is 169 Å². The van der Waals surface area contributed by atoms with Gasteiger partial charge in [0, 0.05) is 44.5 Å². The summed E-state index contributed by atoms with van der Waals surface area (Å²) < 4.78 is 0. The van der Waals surface area contributed by atoms with Gasteiger partial charge in [-0.3, -0.25) is 4.79 Å². The van der Waals surface area contributed by atoms with Crippen molar-refractivity contribution in [2.24, 2.45) is 0 Å². The van der Waals surface area contributed by atoms with Gasteiger partial charge in [-0.05, 0) is 23.8 Å². The minimum absolute atomic E-state index is 0.0769. The quantitative estimate of drug-likeness (QED) is 0.816. The van der Waals surface area contributed by atoms with E-state index < -0.39 is 5.66 Å². The lowest BCUT2D eigenvalue weighted by Crippen LogP contribution is -2.67. The lowest BCUT2D eigenvalue weighted by molar-refractivity contribution is 0.0810. The molecule has 2 heterocycles. The third-order valence-corrected chi connectivity index (χ3v) is 5.95. The molecule has 146 valence electrons. The van der Waals surface area contributed by atoms with Gasteiger partial charge in [0.2, 0.25) is 0 Å². The predicted molar refractivity (Wildman–Crippen MR) is 110 cm³/mol. The van der Waals surface area contributed by atoms with Crippen molar-refractivity contribution in [2.75, 3.05) is 25.0 Å². The Morgan fingerprint density at radius 1 is 1.18 bits per heavy atom. The summed E-state index contributed by atoms with van der Waals surface area (Å²) in [5, 5.41) is 6.74. The number of rotatable bonds is 2. The number of nitrogens with zero attached hydrogens (tertiary/aromatic N) is 2. The summed E-state index contributed by atoms with van der Waals surface area (Å²) in [5.41, 5.74) is 2.03. The van der Waals surface area contributed by atoms with Crippen molar-refractivity contribution in [3.05, 3.63) is 64.7 Å². The molecule has 28 heavy (non-hydrogen) atoms. The van der Waals surface area contributed by atoms with Crippen molar-refractivity contribution in [3.63, 3.8) is 0 Å². The van der Waals surface area contributed by atoms with E-state index in [1.165, 1.54) is 0 Å². The predicted octanol–water partition coefficient (Wildman–Crippen LogP) is 3.22. The Kier molecular flexibility index (Phi) is 4.89. The number of hydrogen-bond donors (Lipinski definition) is 2. The second-order valence-corrected chi connectivity index (χ2v) is 7.77. The molecular formula is C21H23ClN4O2. The standard InChI is InChI=1S/C21H23ClN4O2/c1-25-18-13-16(22)7-8-17(18)19(27)24-21(25)9-11-26(12-10-21)20(28)23-14-15-5-3-2-4-6-15/h2-8,13H,9-12,14H2,1H3,(H,23,28)(H,24,27). The summed E-state index contributed by atoms with van der Waals surface area (Å²) in [6, 6.07) is 15.1. The van der Waals surface area contributed by atoms with Gasteiger partial charge in [-0.2, -0.15) is 0 Å². The van der Waals surface area contributed by atoms with Crippen LogP contribution in [0.25, 0.3) is 0 Å². The maximum Gasteiger partial charge on any atom is 0.317 e. The molecule has 6 nitrogen and oxygen atoms in total. The zero-order valence-electron chi connectivity index (χ0n) is 15.7. The number of hydrogen-bond acceptors (Lipinski definition) is 3. The molecule has 2 N–H and O–H groups in total. The Morgan fingerprint density at radius 3 is 2.61 bits per heavy atom. The van der Waals surface area contributed by atoms with Gasteiger partial charge in [0.25, 0.3) is 5.91 Å². The zero-order valence-corrected chi connectivity index (χ0v) is 16.5. The molecule has 3 amide bonds. The van der Waals surface area contributed by atoms with Crippen molar-refractivity contribution in [1.29, 1.82) is 0 Å². The Balaban J connectivity index is 1.42. The molecule has 0 radical (unpaired) electrons. The van der Waals surface area contributed by atoms with Crippen molar-refractivity contribution in [3.8, 4) is 0 Å². The van der Waals surface area contributed by atoms with Crippen LogP contribution in [0.3, 0.4) is 0 Å². The molecule has 0 unspecified atom stereocenters. The number of carbonyl (C=O) groups is 2. The van der Waals surface area contributed by atoms with E-state index in [0.717, 1.165) is 11.3 Å². The molecule has 0 bridgehead atoms. The van der Waals surface area contributed by atoms with Crippen LogP contribution in [0.2, 0.25) is 5.02 Å². The van der Waals surface area contributed by atoms with Gasteiger partial charge in [0.15, 0.2) is 0 Å². The minimum atomic E-state index is -0.495. The minimum Gasteiger partial charge on any atom is -0.351 e. The molecule has 7 heteroatoms. The number of halogens is 1. The zero-order chi connectivity index (χ0) is 19.7. The third kappa shape index (κ3) is 3.40. The number of fused-ring (bicyclic) bond motifs is 1. The first-order chi connectivity index (χ1) is 13.5. The summed E-state index contributed by atoms with van der Waals surface area (Å²) in [6.07, 6.45) is 1.31. The van der Waals surface area contributed by atoms with E-state index in [4.69, 9.17) is 11.6 Å². The molecule has 2 aromatic carbocycles. The summed E-state index contributed by atoms with van der Waals surface area (Å²) in [7, 11) is 1.97. The van der Waals surface area contributed by atoms with Crippen LogP contribution in [0, 0.1) is 0 Å². The van der Waals surface area contributed by atoms with Gasteiger partial charge >= 0.3 is 6.03 Å². The first-order valence-corrected chi connectivity index (χ1v) is 9.79. The second-order valence-electron chi connectivity index (χ2n) is 7.34. The van der Waals surface area contributed by atoms with Crippen LogP contribution in [0.1, 0.15) is 28.8 Å². The number of benzene rings is 2. The van der Waals surface area contributed by atoms with E-state index in [-0.39, 0.29) is 11.9 Å². The lowest BCUT2D eigenvalue weighted by Gasteiger charge is -2.51. The van der Waals surface area contributed by atoms with Crippen LogP contribution in [0.15, 0.2) is 48.5 Å². The summed E-state index contributed by atoms with van der Waals surface area (Å²) in [6.45, 7) is 1.64. The van der Waals surface area contributed by atoms with Crippen molar-refractivity contribution >= 4 is 29.2 Å². The largest absolute Gasteiger partial charge is 0.351 e. The smallest absolute Gasteiger partial charge is 0.317 e. The highest BCUT2D eigenvalue weighted by atomic mass is 35.5. The Morgan fingerprint density at radius 2 is 1.89 bits per heavy atom. The van der Waals surface area contributed by atoms with Crippen LogP contribution < -0.4 is 15.5 Å². The molecule has 0 atom stereocenters. The van der Waals surface area contributed by atoms with Gasteiger partial charge in [-0.25, -0.2) is 4.79 Å². The number of piperidine rings is 1. The van der Waals surface area contributed by atoms with Gasteiger partial charge in [0.1, 0.15) is 5.66 Å². The summed E-state index contributed by atoms with van der Waals surface area (Å²) in [4.78, 5) is 29.0. The van der Waals surface area contributed by atoms with Crippen LogP contribution in [-0.4, -0.2) is 42.6 Å². The molecule has 2 aliphatic heterocycles. The number of urea groups is 1. The summed E-state index contributed by atoms with van der Waals surface area (Å²) in [5.74, 6) is -0.0910. The fourth-order valence-corrected chi connectivity index (χ4v) is 4.16. The highest BCUT2D eigenvalue weighted by Gasteiger charge is 2.44. The molecule has 2 aliphatic rings. The lowest BCUT2D eigenvalue weighted by atomic mass is 9.90. The fourth-order valence-electron chi connectivity index (χ4n) is 3.99. The maximum atomic E-state index is 12.6. The Hall–Kier alpha value is -2.73. The Bertz CT molecular complexity index is 895. The van der Waals surface area contributed by atoms with Crippen LogP contribution in [-0.2, 0) is 6.54 Å². The van der Waals surface area contributed by atoms with Crippen LogP contribution in [0.4, 0.5) is 10.5 Å². The normalized spacial score (nSPS) is 17.9. The fraction of sp³-hybridized carbons (Fsp3) is 0.333. The monoisotopic (exact) mass is 398 g/mol. The van der Waals surface area contributed by atoms with E-state index in [2.05, 4.69) is 15.5 Å². The average molecular weight is 399 g/mol. The molecule has 1 spiro atoms. The maximum absolute atomic E-state index is 12.6. The van der Waals surface area contributed by atoms with E-state index >= 15 is 0 Å². The van der Waals surface area contributed by atoms with E-state index in [1.54, 1.807) is 12.1 Å². The van der Waals surface area contributed by atoms with Crippen molar-refractivity contribution in [1.82, 2.24) is 15.5 Å². The topological polar surface area (TPSA) is 64.7 Å². The summed E-state index contributed by atoms with van der Waals surface area (Å²) >= 11 is 6.15. The number of likely N-dealkylation sites (tertiary alicyclic amines) is 1. The molecule has 1 fully saturated rings. The molecule has 0 aromatic heterocycles. The molecule has 2 aromatic rings. The average Bonchev–Trinajstić information content (AvgIpc) is 2.71. The second kappa shape index (κ2) is 7.36. The van der Waals surface area contributed by atoms with Crippen molar-refractivity contribution < 1.29 is 9.59 Å². The van der Waals surface area contributed by atoms with E-state index in [1.807, 2.05) is 48.3 Å². The third-order valence-electron chi connectivity index (χ3n) is 5.72.